The fourth-order valence-electron chi connectivity index (χ4n) is 14.8. The molecule has 0 amide bonds. The van der Waals surface area contributed by atoms with Crippen LogP contribution in [-0.4, -0.2) is 21.1 Å². The number of nitrogens with zero attached hydrogens (tertiary/aromatic N) is 3. The molecule has 0 N–H and O–H groups in total. The largest absolute Gasteiger partial charge is 0.345 e. The first-order chi connectivity index (χ1) is 47.8. The molecule has 17 rings (SSSR count). The van der Waals surface area contributed by atoms with E-state index in [0.29, 0.717) is 0 Å². The summed E-state index contributed by atoms with van der Waals surface area (Å²) < 4.78 is 0. The van der Waals surface area contributed by atoms with Crippen molar-refractivity contribution >= 4 is 55.7 Å². The van der Waals surface area contributed by atoms with Crippen LogP contribution in [0.4, 0.5) is 34.1 Å². The van der Waals surface area contributed by atoms with Gasteiger partial charge in [-0.05, 0) is 172 Å². The SMILES string of the molecule is CN(c1ccc(-c2ccc(-c3ccc(-c4ccccc4)cc3)cc2)cc1)c1ccc2c(c1)C(C)(C)c1ccccc1-2.CN(c1ccc(-c2ccc(-c3ccccc3)cc2)cc1)c1ccc2c(c1)C(C)(C)c1ccccc1-2.CN(c1cccc2ccccc12)c1cccc2ccccc12. The normalized spacial score (nSPS) is 12.6. The molecule has 0 atom stereocenters. The molecule has 0 saturated carbocycles. The van der Waals surface area contributed by atoms with Crippen LogP contribution in [0, 0.1) is 0 Å². The van der Waals surface area contributed by atoms with Gasteiger partial charge in [-0.1, -0.05) is 319 Å². The highest BCUT2D eigenvalue weighted by molar-refractivity contribution is 6.01. The lowest BCUT2D eigenvalue weighted by Gasteiger charge is -2.25. The maximum Gasteiger partial charge on any atom is 0.0487 e. The molecule has 0 bridgehead atoms. The minimum absolute atomic E-state index is 0.00271. The first-order valence-electron chi connectivity index (χ1n) is 34.1. The number of hydrogen-bond acceptors (Lipinski definition) is 3. The zero-order valence-electron chi connectivity index (χ0n) is 56.8. The topological polar surface area (TPSA) is 9.72 Å². The number of fused-ring (bicyclic) bond motifs is 8. The summed E-state index contributed by atoms with van der Waals surface area (Å²) in [6.07, 6.45) is 0. The molecular weight excluding hydrogens is 1180 g/mol. The summed E-state index contributed by atoms with van der Waals surface area (Å²) in [5.74, 6) is 0. The molecule has 3 heteroatoms. The zero-order chi connectivity index (χ0) is 66.9. The van der Waals surface area contributed by atoms with Gasteiger partial charge in [0.1, 0.15) is 0 Å². The van der Waals surface area contributed by atoms with Crippen molar-refractivity contribution in [3.8, 4) is 77.9 Å². The van der Waals surface area contributed by atoms with E-state index in [4.69, 9.17) is 0 Å². The van der Waals surface area contributed by atoms with E-state index in [0.717, 1.165) is 0 Å². The van der Waals surface area contributed by atoms with Crippen molar-refractivity contribution in [3.63, 3.8) is 0 Å². The van der Waals surface area contributed by atoms with Crippen LogP contribution in [0.25, 0.3) is 99.4 Å². The fraction of sp³-hybridized carbons (Fsp3) is 0.0947. The Bertz CT molecular complexity index is 5230. The third kappa shape index (κ3) is 12.0. The molecule has 2 aliphatic carbocycles. The molecule has 0 spiro atoms. The Morgan fingerprint density at radius 3 is 0.796 bits per heavy atom. The van der Waals surface area contributed by atoms with Crippen molar-refractivity contribution in [3.05, 3.63) is 374 Å². The third-order valence-electron chi connectivity index (χ3n) is 20.5. The average Bonchev–Trinajstić information content (AvgIpc) is 1.59. The first-order valence-corrected chi connectivity index (χ1v) is 34.1. The van der Waals surface area contributed by atoms with Crippen LogP contribution >= 0.6 is 0 Å². The Morgan fingerprint density at radius 2 is 0.449 bits per heavy atom. The van der Waals surface area contributed by atoms with Crippen LogP contribution in [0.15, 0.2) is 352 Å². The van der Waals surface area contributed by atoms with Gasteiger partial charge in [-0.3, -0.25) is 0 Å². The predicted molar refractivity (Wildman–Crippen MR) is 420 cm³/mol. The summed E-state index contributed by atoms with van der Waals surface area (Å²) in [6.45, 7) is 9.33. The van der Waals surface area contributed by atoms with Crippen LogP contribution in [0.1, 0.15) is 49.9 Å². The Labute approximate surface area is 578 Å². The van der Waals surface area contributed by atoms with Gasteiger partial charge in [-0.25, -0.2) is 0 Å². The van der Waals surface area contributed by atoms with E-state index in [1.165, 1.54) is 156 Å². The van der Waals surface area contributed by atoms with Crippen molar-refractivity contribution in [2.24, 2.45) is 0 Å². The molecular formula is C95H79N3. The zero-order valence-corrected chi connectivity index (χ0v) is 56.8. The van der Waals surface area contributed by atoms with Crippen LogP contribution in [0.3, 0.4) is 0 Å². The lowest BCUT2D eigenvalue weighted by molar-refractivity contribution is 0.660. The lowest BCUT2D eigenvalue weighted by Crippen LogP contribution is -2.16. The van der Waals surface area contributed by atoms with Gasteiger partial charge < -0.3 is 14.7 Å². The van der Waals surface area contributed by atoms with E-state index in [2.05, 4.69) is 415 Å². The lowest BCUT2D eigenvalue weighted by atomic mass is 9.82. The minimum Gasteiger partial charge on any atom is -0.345 e. The molecule has 0 unspecified atom stereocenters. The monoisotopic (exact) mass is 1260 g/mol. The third-order valence-corrected chi connectivity index (χ3v) is 20.5. The van der Waals surface area contributed by atoms with Gasteiger partial charge in [-0.2, -0.15) is 0 Å². The Balaban J connectivity index is 0.000000125. The van der Waals surface area contributed by atoms with E-state index >= 15 is 0 Å². The quantitative estimate of drug-likeness (QED) is 0.128. The Morgan fingerprint density at radius 1 is 0.194 bits per heavy atom. The van der Waals surface area contributed by atoms with Crippen molar-refractivity contribution < 1.29 is 0 Å². The molecule has 2 aliphatic rings. The summed E-state index contributed by atoms with van der Waals surface area (Å²) >= 11 is 0. The second-order valence-electron chi connectivity index (χ2n) is 27.0. The summed E-state index contributed by atoms with van der Waals surface area (Å²) in [5.41, 5.74) is 30.7. The van der Waals surface area contributed by atoms with Crippen molar-refractivity contribution in [1.29, 1.82) is 0 Å². The highest BCUT2D eigenvalue weighted by atomic mass is 15.1. The molecule has 98 heavy (non-hydrogen) atoms. The summed E-state index contributed by atoms with van der Waals surface area (Å²) in [7, 11) is 6.45. The molecule has 0 fully saturated rings. The highest BCUT2D eigenvalue weighted by Crippen LogP contribution is 2.52. The molecule has 474 valence electrons. The average molecular weight is 1260 g/mol. The van der Waals surface area contributed by atoms with Crippen LogP contribution in [-0.2, 0) is 10.8 Å². The smallest absolute Gasteiger partial charge is 0.0487 e. The predicted octanol–water partition coefficient (Wildman–Crippen LogP) is 25.6. The van der Waals surface area contributed by atoms with Crippen LogP contribution < -0.4 is 14.7 Å². The molecule has 15 aromatic rings. The van der Waals surface area contributed by atoms with Gasteiger partial charge in [0, 0.05) is 76.9 Å². The van der Waals surface area contributed by atoms with E-state index < -0.39 is 0 Å². The number of anilines is 6. The molecule has 15 aromatic carbocycles. The van der Waals surface area contributed by atoms with E-state index in [9.17, 15) is 0 Å². The summed E-state index contributed by atoms with van der Waals surface area (Å²) in [6, 6.07) is 127. The number of benzene rings is 15. The van der Waals surface area contributed by atoms with Gasteiger partial charge in [0.05, 0.1) is 0 Å². The summed E-state index contributed by atoms with van der Waals surface area (Å²) in [4.78, 5) is 6.84. The molecule has 3 nitrogen and oxygen atoms in total. The van der Waals surface area contributed by atoms with Gasteiger partial charge in [0.2, 0.25) is 0 Å². The number of hydrogen-bond donors (Lipinski definition) is 0. The Kier molecular flexibility index (Phi) is 16.8. The van der Waals surface area contributed by atoms with Gasteiger partial charge in [0.15, 0.2) is 0 Å². The molecule has 0 aromatic heterocycles. The number of rotatable bonds is 11. The van der Waals surface area contributed by atoms with Crippen molar-refractivity contribution in [1.82, 2.24) is 0 Å². The van der Waals surface area contributed by atoms with Gasteiger partial charge >= 0.3 is 0 Å². The first kappa shape index (κ1) is 62.3. The molecule has 0 saturated heterocycles. The molecule has 0 aliphatic heterocycles. The fourth-order valence-corrected chi connectivity index (χ4v) is 14.8. The van der Waals surface area contributed by atoms with Gasteiger partial charge in [-0.15, -0.1) is 0 Å². The van der Waals surface area contributed by atoms with Crippen molar-refractivity contribution in [2.45, 2.75) is 38.5 Å². The summed E-state index contributed by atoms with van der Waals surface area (Å²) in [5, 5.41) is 5.10. The van der Waals surface area contributed by atoms with E-state index in [-0.39, 0.29) is 10.8 Å². The van der Waals surface area contributed by atoms with Crippen LogP contribution in [0.5, 0.6) is 0 Å². The second-order valence-corrected chi connectivity index (χ2v) is 27.0. The minimum atomic E-state index is 0.00271. The van der Waals surface area contributed by atoms with E-state index in [1.54, 1.807) is 0 Å². The Hall–Kier alpha value is -11.8. The molecule has 0 heterocycles. The highest BCUT2D eigenvalue weighted by Gasteiger charge is 2.37. The van der Waals surface area contributed by atoms with Crippen molar-refractivity contribution in [2.75, 3.05) is 35.8 Å². The second kappa shape index (κ2) is 26.4. The maximum atomic E-state index is 2.37. The van der Waals surface area contributed by atoms with Crippen LogP contribution in [0.2, 0.25) is 0 Å². The maximum absolute atomic E-state index is 2.37. The standard InChI is InChI=1S/C40H33N.C34H29N.C21H17N/c1-40(2)38-12-8-7-11-36(38)37-26-25-35(27-39(37)40)41(3)34-23-21-33(22-24-34)32-19-17-31(18-20-32)30-15-13-29(14-16-30)28-9-5-4-6-10-28;1-34(2)32-12-8-7-11-30(32)31-22-21-29(23-33(31)34)35(3)28-19-17-27(18-20-28)26-15-13-25(14-16-26)24-9-5-4-6-10-24;1-22(20-14-6-10-16-8-2-4-12-18(16)20)21-15-7-11-17-9-3-5-13-19(17)21/h4-27H,1-3H3;4-23H,1-3H3;2-15H,1H3. The van der Waals surface area contributed by atoms with Gasteiger partial charge in [0.25, 0.3) is 0 Å². The molecule has 0 radical (unpaired) electrons. The van der Waals surface area contributed by atoms with E-state index in [1.807, 2.05) is 0 Å².